The molecule has 2 heterocycles. The van der Waals surface area contributed by atoms with Crippen LogP contribution in [0.25, 0.3) is 5.69 Å². The Balaban J connectivity index is 1.99. The van der Waals surface area contributed by atoms with E-state index in [1.807, 2.05) is 0 Å². The molecule has 2 aromatic rings. The summed E-state index contributed by atoms with van der Waals surface area (Å²) in [6, 6.07) is 1.69. The van der Waals surface area contributed by atoms with E-state index in [0.29, 0.717) is 10.6 Å². The van der Waals surface area contributed by atoms with E-state index in [9.17, 15) is 9.59 Å². The van der Waals surface area contributed by atoms with E-state index in [4.69, 9.17) is 9.47 Å². The number of carbonyl (C=O) groups is 2. The largest absolute Gasteiger partial charge is 0.457 e. The van der Waals surface area contributed by atoms with Gasteiger partial charge in [-0.3, -0.25) is 0 Å². The second kappa shape index (κ2) is 6.00. The molecule has 8 nitrogen and oxygen atoms in total. The molecule has 0 fully saturated rings. The molecule has 0 saturated carbocycles. The standard InChI is InChI=1S/C12H14N4O4S/c1-12(2,3)20-9(17)6-19-11(18)10-8(4-5-21-10)16-7-13-14-15-16/h4-5,7H,6H2,1-3H3. The Morgan fingerprint density at radius 2 is 2.14 bits per heavy atom. The molecular weight excluding hydrogens is 296 g/mol. The Morgan fingerprint density at radius 1 is 1.38 bits per heavy atom. The second-order valence-electron chi connectivity index (χ2n) is 5.05. The summed E-state index contributed by atoms with van der Waals surface area (Å²) in [5.74, 6) is -1.22. The zero-order chi connectivity index (χ0) is 15.5. The second-order valence-corrected chi connectivity index (χ2v) is 5.97. The van der Waals surface area contributed by atoms with Gasteiger partial charge in [-0.25, -0.2) is 9.59 Å². The highest BCUT2D eigenvalue weighted by atomic mass is 32.1. The van der Waals surface area contributed by atoms with Crippen LogP contribution >= 0.6 is 11.3 Å². The van der Waals surface area contributed by atoms with Crippen molar-refractivity contribution in [1.82, 2.24) is 20.2 Å². The number of carbonyl (C=O) groups excluding carboxylic acids is 2. The molecule has 0 aromatic carbocycles. The number of hydrogen-bond acceptors (Lipinski definition) is 8. The fourth-order valence-corrected chi connectivity index (χ4v) is 2.24. The maximum Gasteiger partial charge on any atom is 0.351 e. The van der Waals surface area contributed by atoms with Gasteiger partial charge in [0.1, 0.15) is 16.8 Å². The van der Waals surface area contributed by atoms with Crippen molar-refractivity contribution < 1.29 is 19.1 Å². The fourth-order valence-electron chi connectivity index (χ4n) is 1.47. The van der Waals surface area contributed by atoms with Crippen molar-refractivity contribution in [2.24, 2.45) is 0 Å². The predicted molar refractivity (Wildman–Crippen MR) is 73.2 cm³/mol. The third-order valence-corrected chi connectivity index (χ3v) is 3.05. The first-order valence-electron chi connectivity index (χ1n) is 6.06. The number of tetrazole rings is 1. The van der Waals surface area contributed by atoms with Crippen LogP contribution in [0.2, 0.25) is 0 Å². The van der Waals surface area contributed by atoms with Gasteiger partial charge in [-0.2, -0.15) is 4.68 Å². The van der Waals surface area contributed by atoms with E-state index < -0.39 is 24.1 Å². The number of ether oxygens (including phenoxy) is 2. The highest BCUT2D eigenvalue weighted by Crippen LogP contribution is 2.21. The van der Waals surface area contributed by atoms with Gasteiger partial charge in [0.25, 0.3) is 0 Å². The van der Waals surface area contributed by atoms with Crippen molar-refractivity contribution in [2.45, 2.75) is 26.4 Å². The molecule has 2 aromatic heterocycles. The molecule has 0 aliphatic carbocycles. The van der Waals surface area contributed by atoms with Crippen LogP contribution in [-0.2, 0) is 14.3 Å². The summed E-state index contributed by atoms with van der Waals surface area (Å²) < 4.78 is 11.4. The van der Waals surface area contributed by atoms with Crippen LogP contribution in [0.3, 0.4) is 0 Å². The first-order valence-corrected chi connectivity index (χ1v) is 6.94. The number of esters is 2. The van der Waals surface area contributed by atoms with Crippen molar-refractivity contribution in [1.29, 1.82) is 0 Å². The zero-order valence-corrected chi connectivity index (χ0v) is 12.6. The monoisotopic (exact) mass is 310 g/mol. The van der Waals surface area contributed by atoms with E-state index >= 15 is 0 Å². The summed E-state index contributed by atoms with van der Waals surface area (Å²) in [5, 5.41) is 12.4. The maximum atomic E-state index is 12.0. The number of thiophene rings is 1. The molecule has 0 aliphatic heterocycles. The average molecular weight is 310 g/mol. The summed E-state index contributed by atoms with van der Waals surface area (Å²) in [6.45, 7) is 4.77. The molecule has 0 saturated heterocycles. The molecule has 0 amide bonds. The van der Waals surface area contributed by atoms with Crippen LogP contribution < -0.4 is 0 Å². The van der Waals surface area contributed by atoms with Crippen molar-refractivity contribution in [3.63, 3.8) is 0 Å². The molecule has 0 spiro atoms. The number of nitrogens with zero attached hydrogens (tertiary/aromatic N) is 4. The topological polar surface area (TPSA) is 96.2 Å². The minimum atomic E-state index is -0.624. The van der Waals surface area contributed by atoms with Gasteiger partial charge in [0, 0.05) is 0 Å². The average Bonchev–Trinajstić information content (AvgIpc) is 3.03. The first kappa shape index (κ1) is 15.1. The molecule has 112 valence electrons. The SMILES string of the molecule is CC(C)(C)OC(=O)COC(=O)c1sccc1-n1cnnn1. The molecule has 2 rings (SSSR count). The number of hydrogen-bond donors (Lipinski definition) is 0. The van der Waals surface area contributed by atoms with E-state index in [1.165, 1.54) is 22.3 Å². The van der Waals surface area contributed by atoms with Gasteiger partial charge in [-0.05, 0) is 42.6 Å². The van der Waals surface area contributed by atoms with Crippen LogP contribution in [0, 0.1) is 0 Å². The van der Waals surface area contributed by atoms with Gasteiger partial charge in [0.15, 0.2) is 6.61 Å². The smallest absolute Gasteiger partial charge is 0.351 e. The van der Waals surface area contributed by atoms with Gasteiger partial charge in [-0.1, -0.05) is 0 Å². The van der Waals surface area contributed by atoms with E-state index in [2.05, 4.69) is 15.5 Å². The van der Waals surface area contributed by atoms with Gasteiger partial charge in [0.2, 0.25) is 0 Å². The summed E-state index contributed by atoms with van der Waals surface area (Å²) in [6.07, 6.45) is 1.37. The minimum Gasteiger partial charge on any atom is -0.457 e. The van der Waals surface area contributed by atoms with Gasteiger partial charge >= 0.3 is 11.9 Å². The summed E-state index contributed by atoms with van der Waals surface area (Å²) in [7, 11) is 0. The van der Waals surface area contributed by atoms with Crippen LogP contribution in [-0.4, -0.2) is 44.4 Å². The predicted octanol–water partition coefficient (Wildman–Crippen LogP) is 1.22. The minimum absolute atomic E-state index is 0.311. The summed E-state index contributed by atoms with van der Waals surface area (Å²) in [5.41, 5.74) is -0.122. The fraction of sp³-hybridized carbons (Fsp3) is 0.417. The van der Waals surface area contributed by atoms with E-state index in [1.54, 1.807) is 32.2 Å². The first-order chi connectivity index (χ1) is 9.87. The summed E-state index contributed by atoms with van der Waals surface area (Å²) in [4.78, 5) is 23.8. The van der Waals surface area contributed by atoms with Crippen LogP contribution in [0.1, 0.15) is 30.4 Å². The molecular formula is C12H14N4O4S. The number of aromatic nitrogens is 4. The maximum absolute atomic E-state index is 12.0. The molecule has 0 bridgehead atoms. The molecule has 0 radical (unpaired) electrons. The van der Waals surface area contributed by atoms with Crippen molar-refractivity contribution in [3.05, 3.63) is 22.7 Å². The lowest BCUT2D eigenvalue weighted by molar-refractivity contribution is -0.158. The Kier molecular flexibility index (Phi) is 4.32. The quantitative estimate of drug-likeness (QED) is 0.783. The van der Waals surface area contributed by atoms with E-state index in [-0.39, 0.29) is 0 Å². The van der Waals surface area contributed by atoms with Gasteiger partial charge < -0.3 is 9.47 Å². The Labute approximate surface area is 124 Å². The third kappa shape index (κ3) is 4.09. The van der Waals surface area contributed by atoms with Crippen LogP contribution in [0.4, 0.5) is 0 Å². The van der Waals surface area contributed by atoms with Gasteiger partial charge in [-0.15, -0.1) is 16.4 Å². The molecule has 0 atom stereocenters. The van der Waals surface area contributed by atoms with E-state index in [0.717, 1.165) is 0 Å². The molecule has 0 aliphatic rings. The van der Waals surface area contributed by atoms with Crippen LogP contribution in [0.5, 0.6) is 0 Å². The van der Waals surface area contributed by atoms with Crippen molar-refractivity contribution in [2.75, 3.05) is 6.61 Å². The highest BCUT2D eigenvalue weighted by Gasteiger charge is 2.21. The normalized spacial score (nSPS) is 11.2. The summed E-state index contributed by atoms with van der Waals surface area (Å²) >= 11 is 1.18. The van der Waals surface area contributed by atoms with Crippen LogP contribution in [0.15, 0.2) is 17.8 Å². The third-order valence-electron chi connectivity index (χ3n) is 2.17. The Bertz CT molecular complexity index is 630. The van der Waals surface area contributed by atoms with Crippen molar-refractivity contribution >= 4 is 23.3 Å². The molecule has 0 N–H and O–H groups in total. The molecule has 21 heavy (non-hydrogen) atoms. The lowest BCUT2D eigenvalue weighted by Gasteiger charge is -2.19. The lowest BCUT2D eigenvalue weighted by atomic mass is 10.2. The number of rotatable bonds is 4. The molecule has 0 unspecified atom stereocenters. The lowest BCUT2D eigenvalue weighted by Crippen LogP contribution is -2.27. The molecule has 9 heteroatoms. The zero-order valence-electron chi connectivity index (χ0n) is 11.8. The highest BCUT2D eigenvalue weighted by molar-refractivity contribution is 7.12. The van der Waals surface area contributed by atoms with Crippen molar-refractivity contribution in [3.8, 4) is 5.69 Å². The van der Waals surface area contributed by atoms with Gasteiger partial charge in [0.05, 0.1) is 5.69 Å². The Hall–Kier alpha value is -2.29. The Morgan fingerprint density at radius 3 is 2.76 bits per heavy atom.